The predicted octanol–water partition coefficient (Wildman–Crippen LogP) is 1.83. The van der Waals surface area contributed by atoms with E-state index in [2.05, 4.69) is 4.98 Å². The third kappa shape index (κ3) is 3.09. The van der Waals surface area contributed by atoms with E-state index in [1.807, 2.05) is 12.1 Å². The number of sulfonamides is 1. The lowest BCUT2D eigenvalue weighted by atomic mass is 10.1. The van der Waals surface area contributed by atoms with Crippen LogP contribution in [0.2, 0.25) is 0 Å². The van der Waals surface area contributed by atoms with E-state index >= 15 is 0 Å². The molecule has 1 aliphatic heterocycles. The third-order valence-electron chi connectivity index (χ3n) is 3.56. The summed E-state index contributed by atoms with van der Waals surface area (Å²) >= 11 is 0. The first kappa shape index (κ1) is 13.5. The standard InChI is InChI=1S/C13H20N2O2S/c1-2-18(16,17)15-11-3-4-13(15)6-5-12-7-9-14-10-8-12/h7-10,13H,2-6,11H2,1H3. The summed E-state index contributed by atoms with van der Waals surface area (Å²) in [5, 5.41) is 0. The van der Waals surface area contributed by atoms with Gasteiger partial charge in [-0.2, -0.15) is 4.31 Å². The molecular formula is C13H20N2O2S. The molecular weight excluding hydrogens is 248 g/mol. The van der Waals surface area contributed by atoms with Crippen molar-refractivity contribution in [1.82, 2.24) is 9.29 Å². The highest BCUT2D eigenvalue weighted by Crippen LogP contribution is 2.24. The van der Waals surface area contributed by atoms with E-state index < -0.39 is 10.0 Å². The van der Waals surface area contributed by atoms with Crippen molar-refractivity contribution in [1.29, 1.82) is 0 Å². The quantitative estimate of drug-likeness (QED) is 0.818. The molecule has 0 amide bonds. The van der Waals surface area contributed by atoms with Gasteiger partial charge in [-0.1, -0.05) is 0 Å². The second kappa shape index (κ2) is 5.80. The molecule has 1 aromatic heterocycles. The van der Waals surface area contributed by atoms with Crippen molar-refractivity contribution in [2.45, 2.75) is 38.6 Å². The van der Waals surface area contributed by atoms with E-state index in [9.17, 15) is 8.42 Å². The van der Waals surface area contributed by atoms with E-state index in [0.29, 0.717) is 6.54 Å². The summed E-state index contributed by atoms with van der Waals surface area (Å²) in [7, 11) is -3.03. The van der Waals surface area contributed by atoms with Gasteiger partial charge in [0.25, 0.3) is 0 Å². The van der Waals surface area contributed by atoms with Gasteiger partial charge in [-0.05, 0) is 50.3 Å². The Bertz CT molecular complexity index is 473. The molecule has 0 spiro atoms. The Morgan fingerprint density at radius 3 is 2.78 bits per heavy atom. The van der Waals surface area contributed by atoms with Gasteiger partial charge in [-0.25, -0.2) is 8.42 Å². The van der Waals surface area contributed by atoms with Gasteiger partial charge in [0.15, 0.2) is 0 Å². The van der Waals surface area contributed by atoms with Gasteiger partial charge in [0, 0.05) is 25.0 Å². The number of hydrogen-bond acceptors (Lipinski definition) is 3. The molecule has 1 unspecified atom stereocenters. The lowest BCUT2D eigenvalue weighted by molar-refractivity contribution is 0.371. The summed E-state index contributed by atoms with van der Waals surface area (Å²) in [6, 6.07) is 4.17. The minimum Gasteiger partial charge on any atom is -0.265 e. The van der Waals surface area contributed by atoms with Crippen LogP contribution in [-0.4, -0.2) is 36.0 Å². The Labute approximate surface area is 109 Å². The summed E-state index contributed by atoms with van der Waals surface area (Å²) < 4.78 is 25.6. The Morgan fingerprint density at radius 1 is 1.39 bits per heavy atom. The van der Waals surface area contributed by atoms with E-state index in [0.717, 1.165) is 25.7 Å². The van der Waals surface area contributed by atoms with Crippen LogP contribution in [0, 0.1) is 0 Å². The summed E-state index contributed by atoms with van der Waals surface area (Å²) in [5.41, 5.74) is 1.23. The molecule has 0 saturated carbocycles. The molecule has 1 fully saturated rings. The summed E-state index contributed by atoms with van der Waals surface area (Å²) in [4.78, 5) is 3.99. The van der Waals surface area contributed by atoms with E-state index in [-0.39, 0.29) is 11.8 Å². The molecule has 0 radical (unpaired) electrons. The first-order chi connectivity index (χ1) is 8.63. The van der Waals surface area contributed by atoms with E-state index in [1.165, 1.54) is 5.56 Å². The van der Waals surface area contributed by atoms with Crippen LogP contribution in [0.3, 0.4) is 0 Å². The van der Waals surface area contributed by atoms with Crippen molar-refractivity contribution in [3.63, 3.8) is 0 Å². The zero-order valence-electron chi connectivity index (χ0n) is 10.7. The minimum atomic E-state index is -3.03. The number of nitrogens with zero attached hydrogens (tertiary/aromatic N) is 2. The maximum atomic E-state index is 11.9. The number of hydrogen-bond donors (Lipinski definition) is 0. The largest absolute Gasteiger partial charge is 0.265 e. The number of aromatic nitrogens is 1. The topological polar surface area (TPSA) is 50.3 Å². The van der Waals surface area contributed by atoms with Gasteiger partial charge >= 0.3 is 0 Å². The predicted molar refractivity (Wildman–Crippen MR) is 71.7 cm³/mol. The van der Waals surface area contributed by atoms with E-state index in [1.54, 1.807) is 23.6 Å². The number of aryl methyl sites for hydroxylation is 1. The SMILES string of the molecule is CCS(=O)(=O)N1CCCC1CCc1ccncc1. The first-order valence-corrected chi connectivity index (χ1v) is 8.13. The van der Waals surface area contributed by atoms with Crippen molar-refractivity contribution >= 4 is 10.0 Å². The Hall–Kier alpha value is -0.940. The summed E-state index contributed by atoms with van der Waals surface area (Å²) in [6.07, 6.45) is 7.37. The highest BCUT2D eigenvalue weighted by atomic mass is 32.2. The molecule has 0 aliphatic carbocycles. The fraction of sp³-hybridized carbons (Fsp3) is 0.615. The van der Waals surface area contributed by atoms with Gasteiger partial charge in [-0.3, -0.25) is 4.98 Å². The molecule has 0 aromatic carbocycles. The lowest BCUT2D eigenvalue weighted by Gasteiger charge is -2.23. The smallest absolute Gasteiger partial charge is 0.214 e. The van der Waals surface area contributed by atoms with Crippen LogP contribution in [0.25, 0.3) is 0 Å². The molecule has 0 bridgehead atoms. The van der Waals surface area contributed by atoms with Crippen molar-refractivity contribution in [3.8, 4) is 0 Å². The molecule has 2 rings (SSSR count). The highest BCUT2D eigenvalue weighted by molar-refractivity contribution is 7.89. The molecule has 1 atom stereocenters. The van der Waals surface area contributed by atoms with Crippen LogP contribution in [0.15, 0.2) is 24.5 Å². The van der Waals surface area contributed by atoms with Gasteiger partial charge in [0.2, 0.25) is 10.0 Å². The Morgan fingerprint density at radius 2 is 2.11 bits per heavy atom. The van der Waals surface area contributed by atoms with Gasteiger partial charge < -0.3 is 0 Å². The average molecular weight is 268 g/mol. The van der Waals surface area contributed by atoms with Crippen LogP contribution < -0.4 is 0 Å². The van der Waals surface area contributed by atoms with Gasteiger partial charge in [0.1, 0.15) is 0 Å². The second-order valence-corrected chi connectivity index (χ2v) is 6.91. The Kier molecular flexibility index (Phi) is 4.35. The number of rotatable bonds is 5. The fourth-order valence-electron chi connectivity index (χ4n) is 2.51. The van der Waals surface area contributed by atoms with Crippen LogP contribution in [0.5, 0.6) is 0 Å². The molecule has 5 heteroatoms. The Balaban J connectivity index is 1.97. The molecule has 1 aromatic rings. The first-order valence-electron chi connectivity index (χ1n) is 6.52. The van der Waals surface area contributed by atoms with Crippen LogP contribution in [-0.2, 0) is 16.4 Å². The average Bonchev–Trinajstić information content (AvgIpc) is 2.87. The summed E-state index contributed by atoms with van der Waals surface area (Å²) in [6.45, 7) is 2.41. The molecule has 0 N–H and O–H groups in total. The van der Waals surface area contributed by atoms with Crippen molar-refractivity contribution in [3.05, 3.63) is 30.1 Å². The minimum absolute atomic E-state index is 0.183. The van der Waals surface area contributed by atoms with Gasteiger partial charge in [-0.15, -0.1) is 0 Å². The fourth-order valence-corrected chi connectivity index (χ4v) is 3.92. The van der Waals surface area contributed by atoms with Crippen molar-refractivity contribution in [2.24, 2.45) is 0 Å². The molecule has 2 heterocycles. The third-order valence-corrected chi connectivity index (χ3v) is 5.49. The van der Waals surface area contributed by atoms with E-state index in [4.69, 9.17) is 0 Å². The molecule has 18 heavy (non-hydrogen) atoms. The zero-order valence-corrected chi connectivity index (χ0v) is 11.6. The summed E-state index contributed by atoms with van der Waals surface area (Å²) in [5.74, 6) is 0.207. The number of pyridine rings is 1. The monoisotopic (exact) mass is 268 g/mol. The molecule has 4 nitrogen and oxygen atoms in total. The second-order valence-electron chi connectivity index (χ2n) is 4.70. The normalized spacial score (nSPS) is 21.3. The molecule has 1 saturated heterocycles. The van der Waals surface area contributed by atoms with Crippen LogP contribution >= 0.6 is 0 Å². The molecule has 1 aliphatic rings. The molecule has 100 valence electrons. The van der Waals surface area contributed by atoms with Crippen molar-refractivity contribution < 1.29 is 8.42 Å². The van der Waals surface area contributed by atoms with Crippen LogP contribution in [0.4, 0.5) is 0 Å². The van der Waals surface area contributed by atoms with Gasteiger partial charge in [0.05, 0.1) is 5.75 Å². The zero-order chi connectivity index (χ0) is 13.0. The highest BCUT2D eigenvalue weighted by Gasteiger charge is 2.32. The lowest BCUT2D eigenvalue weighted by Crippen LogP contribution is -2.36. The van der Waals surface area contributed by atoms with Crippen LogP contribution in [0.1, 0.15) is 31.7 Å². The van der Waals surface area contributed by atoms with Crippen molar-refractivity contribution in [2.75, 3.05) is 12.3 Å². The maximum Gasteiger partial charge on any atom is 0.214 e. The maximum absolute atomic E-state index is 11.9.